The van der Waals surface area contributed by atoms with Crippen molar-refractivity contribution in [1.29, 1.82) is 5.41 Å². The Morgan fingerprint density at radius 2 is 1.94 bits per heavy atom. The maximum atomic E-state index is 13.9. The van der Waals surface area contributed by atoms with E-state index in [9.17, 15) is 13.2 Å². The molecule has 2 N–H and O–H groups in total. The molecule has 0 bridgehead atoms. The highest BCUT2D eigenvalue weighted by molar-refractivity contribution is 7.97. The monoisotopic (exact) mass is 455 g/mol. The van der Waals surface area contributed by atoms with Crippen LogP contribution in [-0.4, -0.2) is 23.6 Å². The Morgan fingerprint density at radius 3 is 2.59 bits per heavy atom. The number of hydrogen-bond donors (Lipinski definition) is 2. The topological polar surface area (TPSA) is 39.1 Å². The Balaban J connectivity index is 1.56. The number of rotatable bonds is 6. The minimum atomic E-state index is -0.841. The van der Waals surface area contributed by atoms with Crippen LogP contribution in [0.3, 0.4) is 0 Å². The lowest BCUT2D eigenvalue weighted by molar-refractivity contribution is 0.277. The molecule has 1 saturated heterocycles. The van der Waals surface area contributed by atoms with Gasteiger partial charge in [-0.2, -0.15) is 0 Å². The normalized spacial score (nSPS) is 21.1. The Bertz CT molecular complexity index is 1100. The van der Waals surface area contributed by atoms with E-state index in [4.69, 9.17) is 5.41 Å². The Hall–Kier alpha value is -2.77. The molecule has 0 radical (unpaired) electrons. The van der Waals surface area contributed by atoms with Gasteiger partial charge in [0.2, 0.25) is 0 Å². The average molecular weight is 456 g/mol. The van der Waals surface area contributed by atoms with E-state index < -0.39 is 11.6 Å². The van der Waals surface area contributed by atoms with Crippen LogP contribution in [0, 0.1) is 35.2 Å². The molecule has 1 fully saturated rings. The van der Waals surface area contributed by atoms with Crippen molar-refractivity contribution < 1.29 is 13.2 Å². The van der Waals surface area contributed by atoms with Crippen LogP contribution in [0.15, 0.2) is 76.9 Å². The van der Waals surface area contributed by atoms with Gasteiger partial charge in [0.05, 0.1) is 0 Å². The summed E-state index contributed by atoms with van der Waals surface area (Å²) in [6.07, 6.45) is 6.72. The van der Waals surface area contributed by atoms with Crippen molar-refractivity contribution in [3.63, 3.8) is 0 Å². The molecule has 32 heavy (non-hydrogen) atoms. The molecule has 1 unspecified atom stereocenters. The van der Waals surface area contributed by atoms with Gasteiger partial charge in [0.25, 0.3) is 0 Å². The van der Waals surface area contributed by atoms with Crippen LogP contribution in [0.4, 0.5) is 18.9 Å². The highest BCUT2D eigenvalue weighted by atomic mass is 32.2. The van der Waals surface area contributed by atoms with E-state index in [-0.39, 0.29) is 16.8 Å². The Kier molecular flexibility index (Phi) is 6.31. The predicted molar refractivity (Wildman–Crippen MR) is 124 cm³/mol. The second kappa shape index (κ2) is 9.00. The van der Waals surface area contributed by atoms with E-state index in [0.717, 1.165) is 29.9 Å². The molecular formula is C25H24F3N3S. The van der Waals surface area contributed by atoms with E-state index in [1.807, 2.05) is 6.08 Å². The number of piperidine rings is 1. The van der Waals surface area contributed by atoms with E-state index >= 15 is 0 Å². The molecule has 0 saturated carbocycles. The molecule has 0 amide bonds. The van der Waals surface area contributed by atoms with Gasteiger partial charge < -0.3 is 10.7 Å². The zero-order valence-corrected chi connectivity index (χ0v) is 18.5. The summed E-state index contributed by atoms with van der Waals surface area (Å²) in [6.45, 7) is 7.03. The van der Waals surface area contributed by atoms with Crippen molar-refractivity contribution in [3.8, 4) is 0 Å². The number of allylic oxidation sites excluding steroid dienone is 2. The van der Waals surface area contributed by atoms with Gasteiger partial charge in [-0.25, -0.2) is 17.5 Å². The summed E-state index contributed by atoms with van der Waals surface area (Å²) < 4.78 is 42.9. The van der Waals surface area contributed by atoms with Crippen LogP contribution in [0.5, 0.6) is 0 Å². The third-order valence-corrected chi connectivity index (χ3v) is 7.02. The van der Waals surface area contributed by atoms with Crippen molar-refractivity contribution in [3.05, 3.63) is 95.0 Å². The number of halogens is 3. The fraction of sp³-hybridized carbons (Fsp3) is 0.240. The van der Waals surface area contributed by atoms with Crippen molar-refractivity contribution in [2.45, 2.75) is 24.7 Å². The number of nitrogens with zero attached hydrogens (tertiary/aromatic N) is 1. The Morgan fingerprint density at radius 1 is 1.19 bits per heavy atom. The first-order valence-corrected chi connectivity index (χ1v) is 11.1. The first kappa shape index (κ1) is 22.4. The van der Waals surface area contributed by atoms with Crippen molar-refractivity contribution >= 4 is 23.8 Å². The summed E-state index contributed by atoms with van der Waals surface area (Å²) in [5.41, 5.74) is 3.56. The van der Waals surface area contributed by atoms with E-state index in [1.54, 1.807) is 25.1 Å². The molecule has 1 aliphatic heterocycles. The predicted octanol–water partition coefficient (Wildman–Crippen LogP) is 6.64. The lowest BCUT2D eigenvalue weighted by Gasteiger charge is -2.45. The summed E-state index contributed by atoms with van der Waals surface area (Å²) in [4.78, 5) is 0.658. The molecule has 4 rings (SSSR count). The van der Waals surface area contributed by atoms with Crippen LogP contribution >= 0.6 is 11.9 Å². The molecule has 1 heterocycles. The van der Waals surface area contributed by atoms with Crippen LogP contribution in [0.1, 0.15) is 18.4 Å². The standard InChI is InChI=1S/C25H24F3N3S/c1-3-25-13-17(14-29)23(30-20-6-4-19(26)5-7-20)11-18(25)8-9-31(15-25)32-21-10-16(2)24(28)22(27)12-21/h3-7,10-12,14,29-30H,1,8-9,13,15H2,2H3. The third kappa shape index (κ3) is 4.40. The zero-order valence-electron chi connectivity index (χ0n) is 17.7. The van der Waals surface area contributed by atoms with Gasteiger partial charge in [0.15, 0.2) is 11.6 Å². The van der Waals surface area contributed by atoms with Crippen molar-refractivity contribution in [2.75, 3.05) is 18.4 Å². The molecule has 7 heteroatoms. The third-order valence-electron chi connectivity index (χ3n) is 6.01. The Labute approximate surface area is 190 Å². The van der Waals surface area contributed by atoms with E-state index in [1.165, 1.54) is 41.9 Å². The van der Waals surface area contributed by atoms with Gasteiger partial charge in [0, 0.05) is 41.0 Å². The first-order chi connectivity index (χ1) is 15.3. The van der Waals surface area contributed by atoms with Gasteiger partial charge in [-0.1, -0.05) is 11.6 Å². The SMILES string of the molecule is C=CC12CC(C=N)=C(Nc3ccc(F)cc3)C=C1CCN(Sc1cc(C)c(F)c(F)c1)C2. The minimum absolute atomic E-state index is 0.284. The fourth-order valence-electron chi connectivity index (χ4n) is 4.25. The van der Waals surface area contributed by atoms with Gasteiger partial charge in [-0.3, -0.25) is 0 Å². The molecular weight excluding hydrogens is 431 g/mol. The number of fused-ring (bicyclic) bond motifs is 1. The van der Waals surface area contributed by atoms with Crippen LogP contribution in [0.2, 0.25) is 0 Å². The molecule has 166 valence electrons. The summed E-state index contributed by atoms with van der Waals surface area (Å²) in [7, 11) is 0. The highest BCUT2D eigenvalue weighted by Gasteiger charge is 2.40. The number of anilines is 1. The molecule has 2 aliphatic rings. The number of hydrogen-bond acceptors (Lipinski definition) is 4. The molecule has 0 aromatic heterocycles. The summed E-state index contributed by atoms with van der Waals surface area (Å²) in [6, 6.07) is 9.01. The molecule has 3 nitrogen and oxygen atoms in total. The second-order valence-corrected chi connectivity index (χ2v) is 9.33. The molecule has 2 aromatic rings. The van der Waals surface area contributed by atoms with Crippen molar-refractivity contribution in [1.82, 2.24) is 4.31 Å². The molecule has 1 atom stereocenters. The summed E-state index contributed by atoms with van der Waals surface area (Å²) in [5, 5.41) is 11.3. The van der Waals surface area contributed by atoms with Gasteiger partial charge in [0.1, 0.15) is 5.82 Å². The maximum Gasteiger partial charge on any atom is 0.161 e. The summed E-state index contributed by atoms with van der Waals surface area (Å²) in [5.74, 6) is -1.95. The number of nitrogens with one attached hydrogen (secondary N) is 2. The van der Waals surface area contributed by atoms with Crippen molar-refractivity contribution in [2.24, 2.45) is 5.41 Å². The van der Waals surface area contributed by atoms with E-state index in [0.29, 0.717) is 17.9 Å². The smallest absolute Gasteiger partial charge is 0.161 e. The van der Waals surface area contributed by atoms with Crippen LogP contribution in [0.25, 0.3) is 0 Å². The quantitative estimate of drug-likeness (QED) is 0.291. The first-order valence-electron chi connectivity index (χ1n) is 10.3. The number of benzene rings is 2. The van der Waals surface area contributed by atoms with Gasteiger partial charge >= 0.3 is 0 Å². The molecule has 1 aliphatic carbocycles. The molecule has 0 spiro atoms. The largest absolute Gasteiger partial charge is 0.355 e. The lowest BCUT2D eigenvalue weighted by atomic mass is 9.69. The number of aryl methyl sites for hydroxylation is 1. The molecule has 2 aromatic carbocycles. The average Bonchev–Trinajstić information content (AvgIpc) is 2.78. The van der Waals surface area contributed by atoms with E-state index in [2.05, 4.69) is 22.3 Å². The zero-order chi connectivity index (χ0) is 22.9. The van der Waals surface area contributed by atoms with Crippen LogP contribution < -0.4 is 5.32 Å². The second-order valence-electron chi connectivity index (χ2n) is 8.16. The van der Waals surface area contributed by atoms with Crippen LogP contribution in [-0.2, 0) is 0 Å². The minimum Gasteiger partial charge on any atom is -0.355 e. The highest BCUT2D eigenvalue weighted by Crippen LogP contribution is 2.47. The van der Waals surface area contributed by atoms with Gasteiger partial charge in [-0.05, 0) is 85.3 Å². The maximum absolute atomic E-state index is 13.9. The lowest BCUT2D eigenvalue weighted by Crippen LogP contribution is -2.42. The van der Waals surface area contributed by atoms with Gasteiger partial charge in [-0.15, -0.1) is 6.58 Å². The fourth-order valence-corrected chi connectivity index (χ4v) is 5.41. The summed E-state index contributed by atoms with van der Waals surface area (Å²) >= 11 is 1.41.